The highest BCUT2D eigenvalue weighted by Crippen LogP contribution is 2.48. The monoisotopic (exact) mass is 308 g/mol. The molecule has 1 aromatic carbocycles. The van der Waals surface area contributed by atoms with Gasteiger partial charge in [-0.05, 0) is 36.3 Å². The minimum Gasteiger partial charge on any atom is -0.497 e. The fourth-order valence-electron chi connectivity index (χ4n) is 2.62. The number of aldehydes is 1. The Hall–Kier alpha value is -1.49. The average Bonchev–Trinajstić information content (AvgIpc) is 2.90. The summed E-state index contributed by atoms with van der Waals surface area (Å²) in [5.74, 6) is 1.29. The second-order valence-corrected chi connectivity index (χ2v) is 6.18. The average molecular weight is 308 g/mol. The largest absolute Gasteiger partial charge is 0.497 e. The van der Waals surface area contributed by atoms with E-state index in [1.807, 2.05) is 24.3 Å². The summed E-state index contributed by atoms with van der Waals surface area (Å²) in [4.78, 5) is 23.1. The standard InChI is InChI=1S/C16H20O4S/c1-3-20-15(18)8-12-10-21-16(14(12)9-17)11-4-6-13(19-2)7-5-11/h4-7,9,12,14,16H,3,8,10H2,1-2H3/t12-,14+,16-/m1/s1. The Labute approximate surface area is 129 Å². The zero-order valence-electron chi connectivity index (χ0n) is 12.3. The first kappa shape index (κ1) is 15.9. The maximum absolute atomic E-state index is 11.6. The van der Waals surface area contributed by atoms with Crippen LogP contribution in [0.1, 0.15) is 24.2 Å². The van der Waals surface area contributed by atoms with Crippen molar-refractivity contribution in [3.63, 3.8) is 0 Å². The van der Waals surface area contributed by atoms with Gasteiger partial charge in [-0.2, -0.15) is 11.8 Å². The van der Waals surface area contributed by atoms with E-state index >= 15 is 0 Å². The van der Waals surface area contributed by atoms with E-state index in [1.165, 1.54) is 0 Å². The number of hydrogen-bond acceptors (Lipinski definition) is 5. The van der Waals surface area contributed by atoms with Gasteiger partial charge in [0.25, 0.3) is 0 Å². The van der Waals surface area contributed by atoms with E-state index in [-0.39, 0.29) is 23.1 Å². The second-order valence-electron chi connectivity index (χ2n) is 5.01. The topological polar surface area (TPSA) is 52.6 Å². The molecule has 2 rings (SSSR count). The Morgan fingerprint density at radius 1 is 1.38 bits per heavy atom. The lowest BCUT2D eigenvalue weighted by atomic mass is 9.87. The fraction of sp³-hybridized carbons (Fsp3) is 0.500. The summed E-state index contributed by atoms with van der Waals surface area (Å²) < 4.78 is 10.1. The van der Waals surface area contributed by atoms with Crippen molar-refractivity contribution in [3.05, 3.63) is 29.8 Å². The van der Waals surface area contributed by atoms with E-state index in [1.54, 1.807) is 25.8 Å². The number of benzene rings is 1. The van der Waals surface area contributed by atoms with Gasteiger partial charge in [0.05, 0.1) is 13.7 Å². The summed E-state index contributed by atoms with van der Waals surface area (Å²) in [6, 6.07) is 7.77. The lowest BCUT2D eigenvalue weighted by molar-refractivity contribution is -0.144. The lowest BCUT2D eigenvalue weighted by Gasteiger charge is -2.18. The van der Waals surface area contributed by atoms with Crippen molar-refractivity contribution in [2.45, 2.75) is 18.6 Å². The first-order valence-corrected chi connectivity index (χ1v) is 8.11. The molecule has 1 aliphatic heterocycles. The molecular formula is C16H20O4S. The molecule has 21 heavy (non-hydrogen) atoms. The second kappa shape index (κ2) is 7.50. The Balaban J connectivity index is 2.07. The van der Waals surface area contributed by atoms with Crippen molar-refractivity contribution in [2.75, 3.05) is 19.5 Å². The van der Waals surface area contributed by atoms with Gasteiger partial charge in [0.1, 0.15) is 12.0 Å². The van der Waals surface area contributed by atoms with Crippen LogP contribution in [-0.2, 0) is 14.3 Å². The van der Waals surface area contributed by atoms with Gasteiger partial charge in [-0.1, -0.05) is 12.1 Å². The van der Waals surface area contributed by atoms with Crippen LogP contribution >= 0.6 is 11.8 Å². The van der Waals surface area contributed by atoms with Crippen LogP contribution in [0, 0.1) is 11.8 Å². The van der Waals surface area contributed by atoms with Crippen molar-refractivity contribution in [3.8, 4) is 5.75 Å². The van der Waals surface area contributed by atoms with Crippen molar-refractivity contribution >= 4 is 24.0 Å². The SMILES string of the molecule is CCOC(=O)C[C@@H]1CS[C@H](c2ccc(OC)cc2)[C@H]1C=O. The van der Waals surface area contributed by atoms with Gasteiger partial charge in [-0.3, -0.25) is 4.79 Å². The molecule has 0 saturated carbocycles. The number of carbonyl (C=O) groups excluding carboxylic acids is 2. The molecule has 0 aromatic heterocycles. The number of esters is 1. The molecule has 0 radical (unpaired) electrons. The minimum absolute atomic E-state index is 0.0543. The third kappa shape index (κ3) is 3.79. The van der Waals surface area contributed by atoms with Gasteiger partial charge in [-0.15, -0.1) is 0 Å². The molecule has 0 bridgehead atoms. The summed E-state index contributed by atoms with van der Waals surface area (Å²) in [6.07, 6.45) is 1.30. The van der Waals surface area contributed by atoms with Crippen LogP contribution in [0.15, 0.2) is 24.3 Å². The van der Waals surface area contributed by atoms with E-state index in [2.05, 4.69) is 0 Å². The van der Waals surface area contributed by atoms with Crippen molar-refractivity contribution < 1.29 is 19.1 Å². The first-order chi connectivity index (χ1) is 10.2. The van der Waals surface area contributed by atoms with Crippen LogP contribution in [-0.4, -0.2) is 31.7 Å². The van der Waals surface area contributed by atoms with Crippen LogP contribution in [0.5, 0.6) is 5.75 Å². The highest BCUT2D eigenvalue weighted by molar-refractivity contribution is 7.99. The molecule has 1 aromatic rings. The number of carbonyl (C=O) groups is 2. The van der Waals surface area contributed by atoms with Crippen LogP contribution in [0.3, 0.4) is 0 Å². The van der Waals surface area contributed by atoms with Crippen LogP contribution in [0.4, 0.5) is 0 Å². The van der Waals surface area contributed by atoms with Gasteiger partial charge in [0.2, 0.25) is 0 Å². The van der Waals surface area contributed by atoms with Crippen LogP contribution in [0.2, 0.25) is 0 Å². The summed E-state index contributed by atoms with van der Waals surface area (Å²) in [6.45, 7) is 2.17. The Morgan fingerprint density at radius 3 is 2.67 bits per heavy atom. The number of methoxy groups -OCH3 is 1. The molecule has 0 spiro atoms. The van der Waals surface area contributed by atoms with E-state index in [0.29, 0.717) is 13.0 Å². The Bertz CT molecular complexity index is 486. The fourth-order valence-corrected chi connectivity index (χ4v) is 4.27. The highest BCUT2D eigenvalue weighted by Gasteiger charge is 2.38. The predicted octanol–water partition coefficient (Wildman–Crippen LogP) is 2.87. The quantitative estimate of drug-likeness (QED) is 0.597. The van der Waals surface area contributed by atoms with E-state index in [4.69, 9.17) is 9.47 Å². The molecule has 114 valence electrons. The Kier molecular flexibility index (Phi) is 5.67. The summed E-state index contributed by atoms with van der Waals surface area (Å²) in [7, 11) is 1.63. The van der Waals surface area contributed by atoms with Gasteiger partial charge in [0.15, 0.2) is 0 Å². The van der Waals surface area contributed by atoms with Gasteiger partial charge < -0.3 is 14.3 Å². The third-order valence-corrected chi connectivity index (χ3v) is 5.29. The molecule has 3 atom stereocenters. The number of thioether (sulfide) groups is 1. The van der Waals surface area contributed by atoms with E-state index < -0.39 is 0 Å². The number of hydrogen-bond donors (Lipinski definition) is 0. The minimum atomic E-state index is -0.217. The molecular weight excluding hydrogens is 288 g/mol. The van der Waals surface area contributed by atoms with Crippen molar-refractivity contribution in [1.29, 1.82) is 0 Å². The molecule has 1 saturated heterocycles. The molecule has 4 nitrogen and oxygen atoms in total. The number of rotatable bonds is 6. The first-order valence-electron chi connectivity index (χ1n) is 7.06. The predicted molar refractivity (Wildman–Crippen MR) is 82.5 cm³/mol. The highest BCUT2D eigenvalue weighted by atomic mass is 32.2. The van der Waals surface area contributed by atoms with Gasteiger partial charge >= 0.3 is 5.97 Å². The lowest BCUT2D eigenvalue weighted by Crippen LogP contribution is -2.20. The van der Waals surface area contributed by atoms with E-state index in [9.17, 15) is 9.59 Å². The summed E-state index contributed by atoms with van der Waals surface area (Å²) in [5.41, 5.74) is 1.10. The third-order valence-electron chi connectivity index (χ3n) is 3.72. The smallest absolute Gasteiger partial charge is 0.306 e. The molecule has 0 aliphatic carbocycles. The molecule has 1 heterocycles. The molecule has 5 heteroatoms. The molecule has 1 fully saturated rings. The maximum atomic E-state index is 11.6. The van der Waals surface area contributed by atoms with Crippen LogP contribution < -0.4 is 4.74 Å². The Morgan fingerprint density at radius 2 is 2.10 bits per heavy atom. The van der Waals surface area contributed by atoms with Crippen LogP contribution in [0.25, 0.3) is 0 Å². The summed E-state index contributed by atoms with van der Waals surface area (Å²) in [5, 5.41) is 0.104. The van der Waals surface area contributed by atoms with Gasteiger partial charge in [0, 0.05) is 17.6 Å². The maximum Gasteiger partial charge on any atom is 0.306 e. The zero-order chi connectivity index (χ0) is 15.2. The van der Waals surface area contributed by atoms with E-state index in [0.717, 1.165) is 23.4 Å². The van der Waals surface area contributed by atoms with Gasteiger partial charge in [-0.25, -0.2) is 0 Å². The summed E-state index contributed by atoms with van der Waals surface area (Å²) >= 11 is 1.73. The molecule has 0 unspecified atom stereocenters. The normalized spacial score (nSPS) is 24.6. The molecule has 0 amide bonds. The van der Waals surface area contributed by atoms with Crippen molar-refractivity contribution in [1.82, 2.24) is 0 Å². The number of ether oxygens (including phenoxy) is 2. The molecule has 1 aliphatic rings. The molecule has 0 N–H and O–H groups in total. The van der Waals surface area contributed by atoms with Crippen molar-refractivity contribution in [2.24, 2.45) is 11.8 Å². The zero-order valence-corrected chi connectivity index (χ0v) is 13.1.